The fourth-order valence-electron chi connectivity index (χ4n) is 2.50. The summed E-state index contributed by atoms with van der Waals surface area (Å²) in [5.41, 5.74) is -0.565. The van der Waals surface area contributed by atoms with Crippen LogP contribution in [-0.4, -0.2) is 48.1 Å². The molecule has 1 aliphatic rings. The maximum absolute atomic E-state index is 11.3. The standard InChI is InChI=1S/C12H22N2O3/c1-3-4-12(11(16)17)5-7-14(9-12)8-6-13-10(2)15/h3-9H2,1-2H3,(H,13,15)(H,16,17). The highest BCUT2D eigenvalue weighted by Gasteiger charge is 2.43. The van der Waals surface area contributed by atoms with Crippen LogP contribution in [0.2, 0.25) is 0 Å². The van der Waals surface area contributed by atoms with E-state index in [2.05, 4.69) is 10.2 Å². The number of carboxylic acid groups (broad SMARTS) is 1. The van der Waals surface area contributed by atoms with Crippen LogP contribution in [0.25, 0.3) is 0 Å². The van der Waals surface area contributed by atoms with Gasteiger partial charge in [0.2, 0.25) is 5.91 Å². The summed E-state index contributed by atoms with van der Waals surface area (Å²) in [7, 11) is 0. The van der Waals surface area contributed by atoms with Gasteiger partial charge in [-0.25, -0.2) is 0 Å². The van der Waals surface area contributed by atoms with Gasteiger partial charge in [0, 0.05) is 26.6 Å². The van der Waals surface area contributed by atoms with Gasteiger partial charge in [-0.1, -0.05) is 13.3 Å². The van der Waals surface area contributed by atoms with Crippen molar-refractivity contribution in [1.29, 1.82) is 0 Å². The second kappa shape index (κ2) is 6.00. The third-order valence-corrected chi connectivity index (χ3v) is 3.42. The van der Waals surface area contributed by atoms with E-state index in [0.29, 0.717) is 13.1 Å². The van der Waals surface area contributed by atoms with Crippen molar-refractivity contribution in [2.24, 2.45) is 5.41 Å². The lowest BCUT2D eigenvalue weighted by molar-refractivity contribution is -0.148. The van der Waals surface area contributed by atoms with Crippen molar-refractivity contribution in [2.75, 3.05) is 26.2 Å². The molecular weight excluding hydrogens is 220 g/mol. The first-order chi connectivity index (χ1) is 8.00. The van der Waals surface area contributed by atoms with Crippen molar-refractivity contribution in [3.05, 3.63) is 0 Å². The predicted octanol–water partition coefficient (Wildman–Crippen LogP) is 0.699. The van der Waals surface area contributed by atoms with E-state index in [9.17, 15) is 14.7 Å². The number of rotatable bonds is 6. The van der Waals surface area contributed by atoms with Gasteiger partial charge in [-0.2, -0.15) is 0 Å². The summed E-state index contributed by atoms with van der Waals surface area (Å²) in [5.74, 6) is -0.719. The first-order valence-electron chi connectivity index (χ1n) is 6.20. The minimum atomic E-state index is -0.679. The van der Waals surface area contributed by atoms with E-state index in [1.165, 1.54) is 6.92 Å². The van der Waals surface area contributed by atoms with Crippen molar-refractivity contribution in [1.82, 2.24) is 10.2 Å². The van der Waals surface area contributed by atoms with Crippen LogP contribution in [0.5, 0.6) is 0 Å². The Balaban J connectivity index is 2.43. The second-order valence-corrected chi connectivity index (χ2v) is 4.84. The Morgan fingerprint density at radius 1 is 1.47 bits per heavy atom. The van der Waals surface area contributed by atoms with Gasteiger partial charge in [0.15, 0.2) is 0 Å². The SMILES string of the molecule is CCCC1(C(=O)O)CCN(CCNC(C)=O)C1. The van der Waals surface area contributed by atoms with Gasteiger partial charge in [0.25, 0.3) is 0 Å². The van der Waals surface area contributed by atoms with Crippen LogP contribution in [-0.2, 0) is 9.59 Å². The van der Waals surface area contributed by atoms with E-state index in [1.807, 2.05) is 6.92 Å². The maximum atomic E-state index is 11.3. The number of likely N-dealkylation sites (tertiary alicyclic amines) is 1. The number of carboxylic acids is 1. The summed E-state index contributed by atoms with van der Waals surface area (Å²) < 4.78 is 0. The van der Waals surface area contributed by atoms with Crippen LogP contribution >= 0.6 is 0 Å². The molecule has 0 saturated carbocycles. The van der Waals surface area contributed by atoms with E-state index in [1.54, 1.807) is 0 Å². The lowest BCUT2D eigenvalue weighted by atomic mass is 9.83. The smallest absolute Gasteiger partial charge is 0.310 e. The highest BCUT2D eigenvalue weighted by Crippen LogP contribution is 2.35. The van der Waals surface area contributed by atoms with Crippen LogP contribution in [0.15, 0.2) is 0 Å². The normalized spacial score (nSPS) is 24.8. The molecule has 5 nitrogen and oxygen atoms in total. The number of hydrogen-bond acceptors (Lipinski definition) is 3. The second-order valence-electron chi connectivity index (χ2n) is 4.84. The Morgan fingerprint density at radius 2 is 2.18 bits per heavy atom. The minimum Gasteiger partial charge on any atom is -0.481 e. The van der Waals surface area contributed by atoms with E-state index in [4.69, 9.17) is 0 Å². The summed E-state index contributed by atoms with van der Waals surface area (Å²) in [5, 5.41) is 12.1. The van der Waals surface area contributed by atoms with Crippen molar-refractivity contribution >= 4 is 11.9 Å². The van der Waals surface area contributed by atoms with Gasteiger partial charge in [-0.15, -0.1) is 0 Å². The minimum absolute atomic E-state index is 0.0396. The van der Waals surface area contributed by atoms with Gasteiger partial charge in [-0.05, 0) is 19.4 Å². The number of carbonyl (C=O) groups excluding carboxylic acids is 1. The van der Waals surface area contributed by atoms with Crippen molar-refractivity contribution in [3.63, 3.8) is 0 Å². The van der Waals surface area contributed by atoms with Gasteiger partial charge in [0.1, 0.15) is 0 Å². The van der Waals surface area contributed by atoms with Crippen molar-refractivity contribution < 1.29 is 14.7 Å². The van der Waals surface area contributed by atoms with Crippen LogP contribution in [0.4, 0.5) is 0 Å². The molecule has 1 amide bonds. The van der Waals surface area contributed by atoms with Crippen molar-refractivity contribution in [3.8, 4) is 0 Å². The van der Waals surface area contributed by atoms with Gasteiger partial charge >= 0.3 is 5.97 Å². The number of nitrogens with one attached hydrogen (secondary N) is 1. The Morgan fingerprint density at radius 3 is 2.71 bits per heavy atom. The molecule has 1 aliphatic heterocycles. The molecule has 1 atom stereocenters. The molecule has 1 rings (SSSR count). The van der Waals surface area contributed by atoms with E-state index in [-0.39, 0.29) is 5.91 Å². The number of carbonyl (C=O) groups is 2. The number of hydrogen-bond donors (Lipinski definition) is 2. The average Bonchev–Trinajstić information content (AvgIpc) is 2.63. The van der Waals surface area contributed by atoms with E-state index < -0.39 is 11.4 Å². The average molecular weight is 242 g/mol. The molecule has 1 unspecified atom stereocenters. The molecule has 1 saturated heterocycles. The highest BCUT2D eigenvalue weighted by atomic mass is 16.4. The first-order valence-corrected chi connectivity index (χ1v) is 6.20. The van der Waals surface area contributed by atoms with E-state index >= 15 is 0 Å². The third-order valence-electron chi connectivity index (χ3n) is 3.42. The van der Waals surface area contributed by atoms with Gasteiger partial charge < -0.3 is 15.3 Å². The number of amides is 1. The molecule has 0 radical (unpaired) electrons. The lowest BCUT2D eigenvalue weighted by Gasteiger charge is -2.24. The zero-order valence-corrected chi connectivity index (χ0v) is 10.7. The predicted molar refractivity (Wildman–Crippen MR) is 64.7 cm³/mol. The summed E-state index contributed by atoms with van der Waals surface area (Å²) in [6.45, 7) is 6.25. The molecule has 5 heteroatoms. The van der Waals surface area contributed by atoms with Gasteiger partial charge in [0.05, 0.1) is 5.41 Å². The summed E-state index contributed by atoms with van der Waals surface area (Å²) in [6, 6.07) is 0. The molecular formula is C12H22N2O3. The molecule has 0 spiro atoms. The summed E-state index contributed by atoms with van der Waals surface area (Å²) >= 11 is 0. The third kappa shape index (κ3) is 3.70. The van der Waals surface area contributed by atoms with Crippen LogP contribution in [0, 0.1) is 5.41 Å². The Labute approximate surface area is 102 Å². The lowest BCUT2D eigenvalue weighted by Crippen LogP contribution is -2.37. The molecule has 98 valence electrons. The largest absolute Gasteiger partial charge is 0.481 e. The monoisotopic (exact) mass is 242 g/mol. The summed E-state index contributed by atoms with van der Waals surface area (Å²) in [4.78, 5) is 24.2. The molecule has 0 aliphatic carbocycles. The molecule has 1 heterocycles. The molecule has 2 N–H and O–H groups in total. The highest BCUT2D eigenvalue weighted by molar-refractivity contribution is 5.75. The molecule has 1 fully saturated rings. The quantitative estimate of drug-likeness (QED) is 0.719. The zero-order chi connectivity index (χ0) is 12.9. The Bertz CT molecular complexity index is 293. The first kappa shape index (κ1) is 14.0. The summed E-state index contributed by atoms with van der Waals surface area (Å²) in [6.07, 6.45) is 2.35. The molecule has 0 aromatic heterocycles. The molecule has 0 aromatic rings. The number of nitrogens with zero attached hydrogens (tertiary/aromatic N) is 1. The van der Waals surface area contributed by atoms with Gasteiger partial charge in [-0.3, -0.25) is 9.59 Å². The molecule has 17 heavy (non-hydrogen) atoms. The molecule has 0 aromatic carbocycles. The van der Waals surface area contributed by atoms with Crippen LogP contribution in [0.1, 0.15) is 33.1 Å². The van der Waals surface area contributed by atoms with Crippen LogP contribution in [0.3, 0.4) is 0 Å². The van der Waals surface area contributed by atoms with E-state index in [0.717, 1.165) is 32.4 Å². The van der Waals surface area contributed by atoms with Crippen LogP contribution < -0.4 is 5.32 Å². The number of aliphatic carboxylic acids is 1. The topological polar surface area (TPSA) is 69.6 Å². The Hall–Kier alpha value is -1.10. The zero-order valence-electron chi connectivity index (χ0n) is 10.7. The van der Waals surface area contributed by atoms with Crippen molar-refractivity contribution in [2.45, 2.75) is 33.1 Å². The molecule has 0 bridgehead atoms. The fourth-order valence-corrected chi connectivity index (χ4v) is 2.50. The fraction of sp³-hybridized carbons (Fsp3) is 0.833. The Kier molecular flexibility index (Phi) is 4.93. The maximum Gasteiger partial charge on any atom is 0.310 e.